The van der Waals surface area contributed by atoms with E-state index >= 15 is 0 Å². The molecule has 0 aromatic heterocycles. The molecule has 0 atom stereocenters. The molecule has 1 heterocycles. The second kappa shape index (κ2) is 2.04. The Balaban J connectivity index is 2.59. The van der Waals surface area contributed by atoms with Crippen molar-refractivity contribution in [3.63, 3.8) is 0 Å². The first-order valence-corrected chi connectivity index (χ1v) is 2.19. The molecule has 0 unspecified atom stereocenters. The number of carbonyl (C=O) groups is 1. The summed E-state index contributed by atoms with van der Waals surface area (Å²) in [5.74, 6) is -0.759. The van der Waals surface area contributed by atoms with E-state index in [0.29, 0.717) is 0 Å². The molecule has 1 rings (SSSR count). The minimum atomic E-state index is -2.86. The van der Waals surface area contributed by atoms with Gasteiger partial charge in [0.1, 0.15) is 6.54 Å². The third-order valence-electron chi connectivity index (χ3n) is 0.806. The van der Waals surface area contributed by atoms with Crippen molar-refractivity contribution in [2.45, 2.75) is 6.55 Å². The van der Waals surface area contributed by atoms with E-state index in [0.717, 1.165) is 0 Å². The van der Waals surface area contributed by atoms with Gasteiger partial charge >= 0.3 is 6.55 Å². The lowest BCUT2D eigenvalue weighted by Crippen LogP contribution is -2.27. The predicted molar refractivity (Wildman–Crippen MR) is 22.6 cm³/mol. The highest BCUT2D eigenvalue weighted by molar-refractivity contribution is 5.79. The molecule has 0 saturated heterocycles. The SMILES string of the molecule is O=C1CN=NN1C(F)F. The van der Waals surface area contributed by atoms with Crippen LogP contribution < -0.4 is 0 Å². The van der Waals surface area contributed by atoms with Gasteiger partial charge in [0.15, 0.2) is 0 Å². The van der Waals surface area contributed by atoms with Crippen LogP contribution >= 0.6 is 0 Å². The molecule has 0 N–H and O–H groups in total. The summed E-state index contributed by atoms with van der Waals surface area (Å²) >= 11 is 0. The van der Waals surface area contributed by atoms with Crippen molar-refractivity contribution in [1.82, 2.24) is 5.01 Å². The van der Waals surface area contributed by atoms with Crippen LogP contribution in [-0.2, 0) is 4.79 Å². The van der Waals surface area contributed by atoms with E-state index < -0.39 is 12.5 Å². The monoisotopic (exact) mass is 135 g/mol. The van der Waals surface area contributed by atoms with Gasteiger partial charge in [0, 0.05) is 0 Å². The number of rotatable bonds is 1. The van der Waals surface area contributed by atoms with Gasteiger partial charge in [-0.2, -0.15) is 18.9 Å². The summed E-state index contributed by atoms with van der Waals surface area (Å²) in [5, 5.41) is 6.02. The van der Waals surface area contributed by atoms with Crippen LogP contribution in [0.2, 0.25) is 0 Å². The van der Waals surface area contributed by atoms with Crippen molar-refractivity contribution >= 4 is 5.91 Å². The van der Waals surface area contributed by atoms with Gasteiger partial charge in [-0.05, 0) is 0 Å². The van der Waals surface area contributed by atoms with Gasteiger partial charge in [0.25, 0.3) is 5.91 Å². The molecule has 1 amide bonds. The molecule has 1 aliphatic rings. The first-order chi connectivity index (χ1) is 4.22. The van der Waals surface area contributed by atoms with Crippen molar-refractivity contribution in [1.29, 1.82) is 0 Å². The van der Waals surface area contributed by atoms with Crippen LogP contribution in [0.15, 0.2) is 10.3 Å². The average molecular weight is 135 g/mol. The Morgan fingerprint density at radius 1 is 1.67 bits per heavy atom. The predicted octanol–water partition coefficient (Wildman–Crippen LogP) is 0.418. The molecule has 6 heteroatoms. The van der Waals surface area contributed by atoms with Crippen molar-refractivity contribution in [2.24, 2.45) is 10.3 Å². The van der Waals surface area contributed by atoms with Crippen molar-refractivity contribution in [3.05, 3.63) is 0 Å². The number of carbonyl (C=O) groups excluding carboxylic acids is 1. The van der Waals surface area contributed by atoms with E-state index in [1.807, 2.05) is 0 Å². The van der Waals surface area contributed by atoms with Crippen LogP contribution in [0.3, 0.4) is 0 Å². The maximum absolute atomic E-state index is 11.5. The number of hydrogen-bond donors (Lipinski definition) is 0. The van der Waals surface area contributed by atoms with Gasteiger partial charge in [0.2, 0.25) is 0 Å². The Morgan fingerprint density at radius 2 is 2.33 bits per heavy atom. The number of nitrogens with zero attached hydrogens (tertiary/aromatic N) is 3. The molecule has 0 aromatic carbocycles. The highest BCUT2D eigenvalue weighted by Gasteiger charge is 2.26. The minimum Gasteiger partial charge on any atom is -0.270 e. The zero-order chi connectivity index (χ0) is 6.85. The van der Waals surface area contributed by atoms with Gasteiger partial charge in [0.05, 0.1) is 0 Å². The Morgan fingerprint density at radius 3 is 2.56 bits per heavy atom. The number of amides is 1. The number of halogens is 2. The van der Waals surface area contributed by atoms with Crippen molar-refractivity contribution in [2.75, 3.05) is 6.54 Å². The number of hydrogen-bond acceptors (Lipinski definition) is 3. The van der Waals surface area contributed by atoms with Crippen LogP contribution in [0.4, 0.5) is 8.78 Å². The first kappa shape index (κ1) is 6.06. The van der Waals surface area contributed by atoms with E-state index in [1.165, 1.54) is 0 Å². The largest absolute Gasteiger partial charge is 0.337 e. The Hall–Kier alpha value is -1.07. The molecule has 4 nitrogen and oxygen atoms in total. The molecule has 0 aliphatic carbocycles. The maximum Gasteiger partial charge on any atom is 0.337 e. The summed E-state index contributed by atoms with van der Waals surface area (Å²) in [6.07, 6.45) is 0. The molecule has 0 aromatic rings. The maximum atomic E-state index is 11.5. The molecule has 50 valence electrons. The lowest BCUT2D eigenvalue weighted by molar-refractivity contribution is -0.140. The molecular formula is C3H3F2N3O. The van der Waals surface area contributed by atoms with Gasteiger partial charge in [-0.1, -0.05) is 5.22 Å². The Bertz CT molecular complexity index is 157. The van der Waals surface area contributed by atoms with E-state index in [1.54, 1.807) is 0 Å². The molecule has 0 bridgehead atoms. The van der Waals surface area contributed by atoms with Crippen LogP contribution in [0.25, 0.3) is 0 Å². The highest BCUT2D eigenvalue weighted by Crippen LogP contribution is 2.09. The quantitative estimate of drug-likeness (QED) is 0.480. The summed E-state index contributed by atoms with van der Waals surface area (Å²) in [7, 11) is 0. The summed E-state index contributed by atoms with van der Waals surface area (Å²) < 4.78 is 23.1. The lowest BCUT2D eigenvalue weighted by Gasteiger charge is -2.05. The number of alkyl halides is 2. The lowest BCUT2D eigenvalue weighted by atomic mass is 10.6. The average Bonchev–Trinajstić information content (AvgIpc) is 2.13. The normalized spacial score (nSPS) is 18.1. The molecule has 0 radical (unpaired) electrons. The highest BCUT2D eigenvalue weighted by atomic mass is 19.3. The van der Waals surface area contributed by atoms with Crippen molar-refractivity contribution < 1.29 is 13.6 Å². The van der Waals surface area contributed by atoms with Gasteiger partial charge in [-0.15, -0.1) is 0 Å². The second-order valence-electron chi connectivity index (χ2n) is 1.40. The molecule has 0 spiro atoms. The fourth-order valence-corrected chi connectivity index (χ4v) is 0.430. The smallest absolute Gasteiger partial charge is 0.270 e. The summed E-state index contributed by atoms with van der Waals surface area (Å²) in [4.78, 5) is 10.3. The summed E-state index contributed by atoms with van der Waals surface area (Å²) in [5.41, 5.74) is 0. The van der Waals surface area contributed by atoms with E-state index in [-0.39, 0.29) is 11.6 Å². The van der Waals surface area contributed by atoms with E-state index in [2.05, 4.69) is 10.3 Å². The van der Waals surface area contributed by atoms with E-state index in [4.69, 9.17) is 0 Å². The standard InChI is InChI=1S/C3H3F2N3O/c4-3(5)8-2(9)1-6-7-8/h3H,1H2. The zero-order valence-corrected chi connectivity index (χ0v) is 4.29. The Labute approximate surface area is 49.1 Å². The van der Waals surface area contributed by atoms with Crippen molar-refractivity contribution in [3.8, 4) is 0 Å². The summed E-state index contributed by atoms with van der Waals surface area (Å²) in [6.45, 7) is -3.12. The van der Waals surface area contributed by atoms with Gasteiger partial charge in [-0.3, -0.25) is 4.79 Å². The third-order valence-corrected chi connectivity index (χ3v) is 0.806. The molecule has 9 heavy (non-hydrogen) atoms. The van der Waals surface area contributed by atoms with E-state index in [9.17, 15) is 13.6 Å². The zero-order valence-electron chi connectivity index (χ0n) is 4.29. The topological polar surface area (TPSA) is 45.0 Å². The first-order valence-electron chi connectivity index (χ1n) is 2.19. The summed E-state index contributed by atoms with van der Waals surface area (Å²) in [6, 6.07) is 0. The van der Waals surface area contributed by atoms with Crippen LogP contribution in [0.1, 0.15) is 0 Å². The molecule has 0 saturated carbocycles. The van der Waals surface area contributed by atoms with Gasteiger partial charge in [-0.25, -0.2) is 0 Å². The van der Waals surface area contributed by atoms with Crippen LogP contribution in [0, 0.1) is 0 Å². The third kappa shape index (κ3) is 1.01. The Kier molecular flexibility index (Phi) is 1.37. The molecular weight excluding hydrogens is 132 g/mol. The van der Waals surface area contributed by atoms with Crippen LogP contribution in [-0.4, -0.2) is 24.0 Å². The second-order valence-corrected chi connectivity index (χ2v) is 1.40. The fraction of sp³-hybridized carbons (Fsp3) is 0.667. The van der Waals surface area contributed by atoms with Gasteiger partial charge < -0.3 is 0 Å². The van der Waals surface area contributed by atoms with Crippen LogP contribution in [0.5, 0.6) is 0 Å². The minimum absolute atomic E-state index is 0.0556. The fourth-order valence-electron chi connectivity index (χ4n) is 0.430. The molecule has 0 fully saturated rings. The molecule has 1 aliphatic heterocycles.